The van der Waals surface area contributed by atoms with Crippen LogP contribution in [0.5, 0.6) is 0 Å². The lowest BCUT2D eigenvalue weighted by molar-refractivity contribution is -0.139. The van der Waals surface area contributed by atoms with Crippen molar-refractivity contribution in [2.24, 2.45) is 5.92 Å². The third kappa shape index (κ3) is 4.94. The minimum Gasteiger partial charge on any atom is -0.354 e. The van der Waals surface area contributed by atoms with Gasteiger partial charge in [0.25, 0.3) is 5.91 Å². The van der Waals surface area contributed by atoms with Crippen LogP contribution in [0.3, 0.4) is 0 Å². The predicted molar refractivity (Wildman–Crippen MR) is 105 cm³/mol. The summed E-state index contributed by atoms with van der Waals surface area (Å²) >= 11 is 0. The number of urea groups is 1. The Morgan fingerprint density at radius 2 is 1.96 bits per heavy atom. The van der Waals surface area contributed by atoms with Crippen molar-refractivity contribution < 1.29 is 19.2 Å². The maximum absolute atomic E-state index is 12.6. The smallest absolute Gasteiger partial charge is 0.325 e. The maximum Gasteiger partial charge on any atom is 0.325 e. The molecule has 2 unspecified atom stereocenters. The lowest BCUT2D eigenvalue weighted by Gasteiger charge is -2.33. The average molecular weight is 416 g/mol. The number of imide groups is 1. The minimum absolute atomic E-state index is 0. The molecule has 0 aromatic heterocycles. The van der Waals surface area contributed by atoms with Gasteiger partial charge in [0.2, 0.25) is 11.8 Å². The molecule has 0 saturated carbocycles. The van der Waals surface area contributed by atoms with E-state index in [-0.39, 0.29) is 48.6 Å². The molecule has 158 valence electrons. The number of rotatable bonds is 5. The molecule has 2 atom stereocenters. The van der Waals surface area contributed by atoms with E-state index in [1.165, 1.54) is 0 Å². The second-order valence-corrected chi connectivity index (χ2v) is 8.19. The van der Waals surface area contributed by atoms with Crippen molar-refractivity contribution in [2.75, 3.05) is 32.7 Å². The Morgan fingerprint density at radius 1 is 1.21 bits per heavy atom. The summed E-state index contributed by atoms with van der Waals surface area (Å²) in [6.07, 6.45) is 3.67. The molecule has 3 aliphatic rings. The summed E-state index contributed by atoms with van der Waals surface area (Å²) < 4.78 is 0. The lowest BCUT2D eigenvalue weighted by Crippen LogP contribution is -2.49. The largest absolute Gasteiger partial charge is 0.354 e. The first-order valence-corrected chi connectivity index (χ1v) is 9.71. The first-order valence-electron chi connectivity index (χ1n) is 9.71. The van der Waals surface area contributed by atoms with Crippen LogP contribution in [0.15, 0.2) is 0 Å². The Hall–Kier alpha value is -1.87. The molecule has 9 nitrogen and oxygen atoms in total. The molecule has 28 heavy (non-hydrogen) atoms. The Balaban J connectivity index is 0.00000280. The number of nitrogens with zero attached hydrogens (tertiary/aromatic N) is 2. The Kier molecular flexibility index (Phi) is 7.28. The molecule has 3 saturated heterocycles. The lowest BCUT2D eigenvalue weighted by atomic mass is 9.97. The minimum atomic E-state index is -0.972. The van der Waals surface area contributed by atoms with Crippen LogP contribution in [0, 0.1) is 5.92 Å². The van der Waals surface area contributed by atoms with E-state index in [9.17, 15) is 19.2 Å². The van der Waals surface area contributed by atoms with E-state index >= 15 is 0 Å². The standard InChI is InChI=1S/C18H29N5O4.ClH/c1-18(2)16(26)23(17(27)21-18)11-14(24)22-8-4-5-12(10-22)9-20-15(25)13-6-3-7-19-13;/h12-13,19H,3-11H2,1-2H3,(H,20,25)(H,21,27);1H. The van der Waals surface area contributed by atoms with Gasteiger partial charge in [-0.3, -0.25) is 19.3 Å². The van der Waals surface area contributed by atoms with E-state index in [0.717, 1.165) is 37.1 Å². The molecule has 0 aromatic rings. The highest BCUT2D eigenvalue weighted by Crippen LogP contribution is 2.19. The van der Waals surface area contributed by atoms with Crippen LogP contribution in [0.4, 0.5) is 4.79 Å². The van der Waals surface area contributed by atoms with Gasteiger partial charge in [0.15, 0.2) is 0 Å². The van der Waals surface area contributed by atoms with Gasteiger partial charge in [-0.2, -0.15) is 0 Å². The fourth-order valence-corrected chi connectivity index (χ4v) is 3.93. The number of carbonyl (C=O) groups excluding carboxylic acids is 4. The zero-order valence-electron chi connectivity index (χ0n) is 16.5. The van der Waals surface area contributed by atoms with Crippen molar-refractivity contribution in [3.05, 3.63) is 0 Å². The zero-order chi connectivity index (χ0) is 19.6. The van der Waals surface area contributed by atoms with Gasteiger partial charge in [0.05, 0.1) is 6.04 Å². The van der Waals surface area contributed by atoms with Gasteiger partial charge in [-0.15, -0.1) is 12.4 Å². The number of halogens is 1. The van der Waals surface area contributed by atoms with Gasteiger partial charge in [0.1, 0.15) is 12.1 Å². The summed E-state index contributed by atoms with van der Waals surface area (Å²) in [5, 5.41) is 8.74. The van der Waals surface area contributed by atoms with Crippen LogP contribution < -0.4 is 16.0 Å². The topological polar surface area (TPSA) is 111 Å². The Labute approximate surface area is 171 Å². The van der Waals surface area contributed by atoms with Gasteiger partial charge in [0, 0.05) is 19.6 Å². The highest BCUT2D eigenvalue weighted by Gasteiger charge is 2.45. The molecule has 0 spiro atoms. The summed E-state index contributed by atoms with van der Waals surface area (Å²) in [6.45, 7) is 5.57. The van der Waals surface area contributed by atoms with Crippen LogP contribution >= 0.6 is 12.4 Å². The number of hydrogen-bond donors (Lipinski definition) is 3. The highest BCUT2D eigenvalue weighted by atomic mass is 35.5. The van der Waals surface area contributed by atoms with Gasteiger partial charge >= 0.3 is 6.03 Å². The molecule has 3 N–H and O–H groups in total. The maximum atomic E-state index is 12.6. The van der Waals surface area contributed by atoms with Crippen molar-refractivity contribution in [3.63, 3.8) is 0 Å². The van der Waals surface area contributed by atoms with Crippen molar-refractivity contribution in [1.29, 1.82) is 0 Å². The fourth-order valence-electron chi connectivity index (χ4n) is 3.93. The highest BCUT2D eigenvalue weighted by molar-refractivity contribution is 6.08. The molecule has 0 aromatic carbocycles. The van der Waals surface area contributed by atoms with Crippen LogP contribution in [-0.2, 0) is 14.4 Å². The van der Waals surface area contributed by atoms with Crippen molar-refractivity contribution in [2.45, 2.75) is 51.1 Å². The number of carbonyl (C=O) groups is 4. The second-order valence-electron chi connectivity index (χ2n) is 8.19. The van der Waals surface area contributed by atoms with E-state index in [0.29, 0.717) is 19.6 Å². The molecule has 10 heteroatoms. The monoisotopic (exact) mass is 415 g/mol. The molecular weight excluding hydrogens is 386 g/mol. The normalized spacial score (nSPS) is 26.6. The number of hydrogen-bond acceptors (Lipinski definition) is 5. The van der Waals surface area contributed by atoms with E-state index < -0.39 is 11.6 Å². The first kappa shape index (κ1) is 22.4. The molecule has 3 aliphatic heterocycles. The third-order valence-electron chi connectivity index (χ3n) is 5.55. The Morgan fingerprint density at radius 3 is 2.57 bits per heavy atom. The van der Waals surface area contributed by atoms with Gasteiger partial charge in [-0.05, 0) is 52.0 Å². The van der Waals surface area contributed by atoms with E-state index in [2.05, 4.69) is 16.0 Å². The second kappa shape index (κ2) is 9.09. The summed E-state index contributed by atoms with van der Waals surface area (Å²) in [7, 11) is 0. The number of likely N-dealkylation sites (tertiary alicyclic amines) is 1. The summed E-state index contributed by atoms with van der Waals surface area (Å²) in [5.41, 5.74) is -0.972. The average Bonchev–Trinajstić information content (AvgIpc) is 3.23. The molecule has 0 bridgehead atoms. The molecule has 3 rings (SSSR count). The van der Waals surface area contributed by atoms with Crippen LogP contribution in [0.1, 0.15) is 39.5 Å². The Bertz CT molecular complexity index is 635. The van der Waals surface area contributed by atoms with E-state index in [4.69, 9.17) is 0 Å². The van der Waals surface area contributed by atoms with Crippen molar-refractivity contribution >= 4 is 36.2 Å². The molecule has 0 aliphatic carbocycles. The van der Waals surface area contributed by atoms with Crippen LogP contribution in [-0.4, -0.2) is 77.9 Å². The first-order chi connectivity index (χ1) is 12.8. The van der Waals surface area contributed by atoms with E-state index in [1.807, 2.05) is 0 Å². The number of amides is 5. The van der Waals surface area contributed by atoms with Gasteiger partial charge in [-0.25, -0.2) is 4.79 Å². The van der Waals surface area contributed by atoms with Gasteiger partial charge < -0.3 is 20.9 Å². The van der Waals surface area contributed by atoms with Crippen molar-refractivity contribution in [3.8, 4) is 0 Å². The van der Waals surface area contributed by atoms with Crippen LogP contribution in [0.2, 0.25) is 0 Å². The van der Waals surface area contributed by atoms with Crippen molar-refractivity contribution in [1.82, 2.24) is 25.8 Å². The third-order valence-corrected chi connectivity index (χ3v) is 5.55. The van der Waals surface area contributed by atoms with Crippen LogP contribution in [0.25, 0.3) is 0 Å². The SMILES string of the molecule is CC1(C)NC(=O)N(CC(=O)N2CCCC(CNC(=O)C3CCCN3)C2)C1=O.Cl. The fraction of sp³-hybridized carbons (Fsp3) is 0.778. The number of nitrogens with one attached hydrogen (secondary N) is 3. The number of piperidine rings is 1. The van der Waals surface area contributed by atoms with E-state index in [1.54, 1.807) is 18.7 Å². The zero-order valence-corrected chi connectivity index (χ0v) is 17.3. The quantitative estimate of drug-likeness (QED) is 0.540. The van der Waals surface area contributed by atoms with Gasteiger partial charge in [-0.1, -0.05) is 0 Å². The molecule has 5 amide bonds. The molecule has 3 fully saturated rings. The molecule has 0 radical (unpaired) electrons. The summed E-state index contributed by atoms with van der Waals surface area (Å²) in [4.78, 5) is 51.6. The summed E-state index contributed by atoms with van der Waals surface area (Å²) in [5.74, 6) is -0.402. The summed E-state index contributed by atoms with van der Waals surface area (Å²) in [6, 6.07) is -0.627. The predicted octanol–water partition coefficient (Wildman–Crippen LogP) is -0.155. The molecule has 3 heterocycles. The molecular formula is C18H30ClN5O4.